The minimum Gasteiger partial charge on any atom is -0.368 e. The topological polar surface area (TPSA) is 61.6 Å². The molecule has 0 saturated carbocycles. The van der Waals surface area contributed by atoms with E-state index in [1.165, 1.54) is 25.9 Å². The molecule has 1 aliphatic rings. The number of nitrogens with two attached hydrogens (primary N) is 1. The van der Waals surface area contributed by atoms with Gasteiger partial charge in [0.25, 0.3) is 0 Å². The van der Waals surface area contributed by atoms with Crippen molar-refractivity contribution in [3.8, 4) is 0 Å². The third-order valence-corrected chi connectivity index (χ3v) is 4.07. The molecule has 5 heteroatoms. The Bertz CT molecular complexity index is 264. The molecule has 1 aliphatic heterocycles. The van der Waals surface area contributed by atoms with Gasteiger partial charge in [-0.2, -0.15) is 0 Å². The van der Waals surface area contributed by atoms with Crippen LogP contribution in [0.1, 0.15) is 32.6 Å². The standard InChI is InChI=1S/C14H30N4O/c1-4-8-16-13(14(15)19)7-11-18(3)12-5-9-17(2)10-6-12/h12-13,16H,4-11H2,1-3H3,(H2,15,19). The summed E-state index contributed by atoms with van der Waals surface area (Å²) in [6.45, 7) is 6.21. The third kappa shape index (κ3) is 5.89. The second kappa shape index (κ2) is 8.51. The highest BCUT2D eigenvalue weighted by molar-refractivity contribution is 5.79. The highest BCUT2D eigenvalue weighted by Crippen LogP contribution is 2.14. The Morgan fingerprint density at radius 2 is 2.11 bits per heavy atom. The van der Waals surface area contributed by atoms with Gasteiger partial charge in [-0.3, -0.25) is 4.79 Å². The SMILES string of the molecule is CCCNC(CCN(C)C1CCN(C)CC1)C(N)=O. The van der Waals surface area contributed by atoms with Gasteiger partial charge in [-0.1, -0.05) is 6.92 Å². The summed E-state index contributed by atoms with van der Waals surface area (Å²) in [6.07, 6.45) is 4.26. The zero-order chi connectivity index (χ0) is 14.3. The number of primary amides is 1. The maximum Gasteiger partial charge on any atom is 0.234 e. The van der Waals surface area contributed by atoms with Crippen molar-refractivity contribution in [1.82, 2.24) is 15.1 Å². The lowest BCUT2D eigenvalue weighted by molar-refractivity contribution is -0.120. The number of nitrogens with one attached hydrogen (secondary N) is 1. The van der Waals surface area contributed by atoms with E-state index in [0.29, 0.717) is 6.04 Å². The summed E-state index contributed by atoms with van der Waals surface area (Å²) in [5.41, 5.74) is 5.43. The van der Waals surface area contributed by atoms with E-state index in [4.69, 9.17) is 5.73 Å². The molecule has 0 aromatic heterocycles. The Labute approximate surface area is 117 Å². The highest BCUT2D eigenvalue weighted by atomic mass is 16.1. The van der Waals surface area contributed by atoms with Gasteiger partial charge in [0, 0.05) is 12.6 Å². The molecular formula is C14H30N4O. The van der Waals surface area contributed by atoms with Crippen molar-refractivity contribution >= 4 is 5.91 Å². The molecule has 0 aromatic carbocycles. The van der Waals surface area contributed by atoms with E-state index in [2.05, 4.69) is 36.1 Å². The molecule has 0 bridgehead atoms. The molecule has 1 rings (SSSR count). The predicted molar refractivity (Wildman–Crippen MR) is 79.0 cm³/mol. The zero-order valence-corrected chi connectivity index (χ0v) is 12.7. The first-order valence-corrected chi connectivity index (χ1v) is 7.46. The van der Waals surface area contributed by atoms with Crippen LogP contribution in [0.25, 0.3) is 0 Å². The summed E-state index contributed by atoms with van der Waals surface area (Å²) in [4.78, 5) is 16.1. The Balaban J connectivity index is 2.30. The van der Waals surface area contributed by atoms with Crippen LogP contribution < -0.4 is 11.1 Å². The quantitative estimate of drug-likeness (QED) is 0.664. The predicted octanol–water partition coefficient (Wildman–Crippen LogP) is 0.256. The number of hydrogen-bond donors (Lipinski definition) is 2. The molecule has 0 aromatic rings. The van der Waals surface area contributed by atoms with Gasteiger partial charge in [0.05, 0.1) is 6.04 Å². The van der Waals surface area contributed by atoms with Gasteiger partial charge in [-0.15, -0.1) is 0 Å². The fourth-order valence-corrected chi connectivity index (χ4v) is 2.61. The van der Waals surface area contributed by atoms with Crippen LogP contribution in [-0.2, 0) is 4.79 Å². The summed E-state index contributed by atoms with van der Waals surface area (Å²) in [5.74, 6) is -0.231. The molecule has 112 valence electrons. The molecule has 1 unspecified atom stereocenters. The van der Waals surface area contributed by atoms with Crippen LogP contribution in [0.3, 0.4) is 0 Å². The van der Waals surface area contributed by atoms with Crippen molar-refractivity contribution in [3.05, 3.63) is 0 Å². The fraction of sp³-hybridized carbons (Fsp3) is 0.929. The van der Waals surface area contributed by atoms with Crippen LogP contribution in [0, 0.1) is 0 Å². The Morgan fingerprint density at radius 1 is 1.47 bits per heavy atom. The summed E-state index contributed by atoms with van der Waals surface area (Å²) < 4.78 is 0. The molecular weight excluding hydrogens is 240 g/mol. The smallest absolute Gasteiger partial charge is 0.234 e. The van der Waals surface area contributed by atoms with Gasteiger partial charge in [-0.05, 0) is 59.4 Å². The van der Waals surface area contributed by atoms with Crippen LogP contribution in [0.5, 0.6) is 0 Å². The fourth-order valence-electron chi connectivity index (χ4n) is 2.61. The second-order valence-electron chi connectivity index (χ2n) is 5.71. The van der Waals surface area contributed by atoms with Crippen LogP contribution in [0.2, 0.25) is 0 Å². The largest absolute Gasteiger partial charge is 0.368 e. The van der Waals surface area contributed by atoms with Crippen molar-refractivity contribution < 1.29 is 4.79 Å². The number of likely N-dealkylation sites (tertiary alicyclic amines) is 1. The van der Waals surface area contributed by atoms with Crippen molar-refractivity contribution in [2.24, 2.45) is 5.73 Å². The highest BCUT2D eigenvalue weighted by Gasteiger charge is 2.22. The summed E-state index contributed by atoms with van der Waals surface area (Å²) in [5, 5.41) is 3.22. The average Bonchev–Trinajstić information content (AvgIpc) is 2.39. The van der Waals surface area contributed by atoms with E-state index in [1.807, 2.05) is 0 Å². The normalized spacial score (nSPS) is 19.8. The number of carbonyl (C=O) groups excluding carboxylic acids is 1. The van der Waals surface area contributed by atoms with E-state index in [0.717, 1.165) is 25.9 Å². The molecule has 1 saturated heterocycles. The second-order valence-corrected chi connectivity index (χ2v) is 5.71. The molecule has 3 N–H and O–H groups in total. The number of piperidine rings is 1. The lowest BCUT2D eigenvalue weighted by Crippen LogP contribution is -2.46. The van der Waals surface area contributed by atoms with Crippen LogP contribution in [0.4, 0.5) is 0 Å². The summed E-state index contributed by atoms with van der Waals surface area (Å²) >= 11 is 0. The molecule has 19 heavy (non-hydrogen) atoms. The molecule has 1 atom stereocenters. The first-order valence-electron chi connectivity index (χ1n) is 7.46. The van der Waals surface area contributed by atoms with Crippen molar-refractivity contribution in [2.75, 3.05) is 40.3 Å². The van der Waals surface area contributed by atoms with E-state index in [9.17, 15) is 4.79 Å². The number of carbonyl (C=O) groups is 1. The number of hydrogen-bond acceptors (Lipinski definition) is 4. The molecule has 0 aliphatic carbocycles. The van der Waals surface area contributed by atoms with Gasteiger partial charge in [0.15, 0.2) is 0 Å². The lowest BCUT2D eigenvalue weighted by Gasteiger charge is -2.35. The van der Waals surface area contributed by atoms with E-state index < -0.39 is 0 Å². The minimum atomic E-state index is -0.231. The average molecular weight is 270 g/mol. The molecule has 1 amide bonds. The van der Waals surface area contributed by atoms with Crippen molar-refractivity contribution in [3.63, 3.8) is 0 Å². The molecule has 1 heterocycles. The monoisotopic (exact) mass is 270 g/mol. The number of nitrogens with zero attached hydrogens (tertiary/aromatic N) is 2. The Kier molecular flexibility index (Phi) is 7.34. The van der Waals surface area contributed by atoms with Gasteiger partial charge in [0.1, 0.15) is 0 Å². The first-order chi connectivity index (χ1) is 9.04. The van der Waals surface area contributed by atoms with Crippen LogP contribution in [-0.4, -0.2) is 68.1 Å². The first kappa shape index (κ1) is 16.4. The lowest BCUT2D eigenvalue weighted by atomic mass is 10.0. The Hall–Kier alpha value is -0.650. The summed E-state index contributed by atoms with van der Waals surface area (Å²) in [6, 6.07) is 0.463. The van der Waals surface area contributed by atoms with E-state index in [-0.39, 0.29) is 11.9 Å². The van der Waals surface area contributed by atoms with Gasteiger partial charge in [-0.25, -0.2) is 0 Å². The maximum atomic E-state index is 11.4. The van der Waals surface area contributed by atoms with Crippen molar-refractivity contribution in [2.45, 2.75) is 44.7 Å². The van der Waals surface area contributed by atoms with Gasteiger partial charge >= 0.3 is 0 Å². The van der Waals surface area contributed by atoms with Crippen LogP contribution >= 0.6 is 0 Å². The summed E-state index contributed by atoms with van der Waals surface area (Å²) in [7, 11) is 4.34. The van der Waals surface area contributed by atoms with Gasteiger partial charge < -0.3 is 20.9 Å². The van der Waals surface area contributed by atoms with E-state index in [1.54, 1.807) is 0 Å². The van der Waals surface area contributed by atoms with Crippen molar-refractivity contribution in [1.29, 1.82) is 0 Å². The molecule has 1 fully saturated rings. The van der Waals surface area contributed by atoms with Crippen LogP contribution in [0.15, 0.2) is 0 Å². The number of amides is 1. The molecule has 5 nitrogen and oxygen atoms in total. The Morgan fingerprint density at radius 3 is 2.63 bits per heavy atom. The minimum absolute atomic E-state index is 0.186. The van der Waals surface area contributed by atoms with Gasteiger partial charge in [0.2, 0.25) is 5.91 Å². The maximum absolute atomic E-state index is 11.4. The van der Waals surface area contributed by atoms with E-state index >= 15 is 0 Å². The third-order valence-electron chi connectivity index (χ3n) is 4.07. The molecule has 0 spiro atoms. The zero-order valence-electron chi connectivity index (χ0n) is 12.7. The number of rotatable bonds is 8. The molecule has 0 radical (unpaired) electrons.